The maximum Gasteiger partial charge on any atom is 0.466 e. The number of carbonyl (C=O) groups excluding carboxylic acids is 2. The van der Waals surface area contributed by atoms with Gasteiger partial charge in [0.1, 0.15) is 0 Å². The summed E-state index contributed by atoms with van der Waals surface area (Å²) < 4.78 is 30.1. The molecule has 1 unspecified atom stereocenters. The van der Waals surface area contributed by atoms with E-state index in [9.17, 15) is 14.2 Å². The van der Waals surface area contributed by atoms with Gasteiger partial charge in [0.25, 0.3) is 5.30 Å². The van der Waals surface area contributed by atoms with Crippen molar-refractivity contribution in [3.8, 4) is 17.2 Å². The number of hydrogen-bond donors (Lipinski definition) is 0. The molecular weight excluding hydrogens is 439 g/mol. The summed E-state index contributed by atoms with van der Waals surface area (Å²) in [4.78, 5) is 26.6. The molecule has 0 heterocycles. The molecule has 0 amide bonds. The number of aryl methyl sites for hydroxylation is 3. The molecule has 0 aliphatic rings. The van der Waals surface area contributed by atoms with Crippen molar-refractivity contribution in [2.24, 2.45) is 0 Å². The molecule has 3 aromatic carbocycles. The van der Waals surface area contributed by atoms with E-state index in [1.165, 1.54) is 27.4 Å². The number of ether oxygens (including phenoxy) is 3. The number of rotatable bonds is 8. The third kappa shape index (κ3) is 4.53. The van der Waals surface area contributed by atoms with Gasteiger partial charge in [-0.3, -0.25) is 4.79 Å². The van der Waals surface area contributed by atoms with E-state index in [-0.39, 0.29) is 33.9 Å². The number of carbonyl (C=O) groups is 2. The van der Waals surface area contributed by atoms with Crippen LogP contribution >= 0.6 is 7.80 Å². The van der Waals surface area contributed by atoms with Crippen molar-refractivity contribution in [2.75, 3.05) is 21.3 Å². The summed E-state index contributed by atoms with van der Waals surface area (Å²) >= 11 is 0. The van der Waals surface area contributed by atoms with E-state index >= 15 is 0 Å². The zero-order chi connectivity index (χ0) is 24.3. The second-order valence-corrected chi connectivity index (χ2v) is 9.05. The van der Waals surface area contributed by atoms with Gasteiger partial charge in [-0.2, -0.15) is 0 Å². The van der Waals surface area contributed by atoms with Crippen LogP contribution in [0, 0.1) is 20.8 Å². The third-order valence-electron chi connectivity index (χ3n) is 5.36. The lowest BCUT2D eigenvalue weighted by molar-refractivity contribution is 0.103. The monoisotopic (exact) mass is 465 g/mol. The molecular formula is C26H26O6P+. The summed E-state index contributed by atoms with van der Waals surface area (Å²) in [6.45, 7) is 5.56. The van der Waals surface area contributed by atoms with Gasteiger partial charge >= 0.3 is 13.3 Å². The van der Waals surface area contributed by atoms with E-state index in [0.29, 0.717) is 11.1 Å². The average Bonchev–Trinajstić information content (AvgIpc) is 2.81. The highest BCUT2D eigenvalue weighted by atomic mass is 31.1. The van der Waals surface area contributed by atoms with Gasteiger partial charge in [-0.15, -0.1) is 0 Å². The van der Waals surface area contributed by atoms with Gasteiger partial charge in [-0.05, 0) is 31.9 Å². The smallest absolute Gasteiger partial charge is 0.466 e. The van der Waals surface area contributed by atoms with Crippen molar-refractivity contribution in [3.63, 3.8) is 0 Å². The molecule has 0 radical (unpaired) electrons. The lowest BCUT2D eigenvalue weighted by Crippen LogP contribution is -2.16. The van der Waals surface area contributed by atoms with Gasteiger partial charge in [-0.25, -0.2) is 4.79 Å². The normalized spacial score (nSPS) is 11.0. The van der Waals surface area contributed by atoms with Crippen LogP contribution in [-0.4, -0.2) is 32.6 Å². The molecule has 0 aliphatic carbocycles. The SMILES string of the molecule is COc1cc(C(=O)c2ccccc2)c(OC)c(OC)c1[P+](=O)C(=O)c1c(C)cc(C)cc1C. The van der Waals surface area contributed by atoms with Crippen LogP contribution < -0.4 is 19.5 Å². The van der Waals surface area contributed by atoms with Gasteiger partial charge in [-0.1, -0.05) is 52.6 Å². The van der Waals surface area contributed by atoms with Crippen molar-refractivity contribution in [1.82, 2.24) is 0 Å². The second kappa shape index (κ2) is 9.97. The quantitative estimate of drug-likeness (QED) is 0.338. The summed E-state index contributed by atoms with van der Waals surface area (Å²) in [5.41, 5.74) is 2.97. The van der Waals surface area contributed by atoms with E-state index < -0.39 is 13.3 Å². The summed E-state index contributed by atoms with van der Waals surface area (Å²) in [6.07, 6.45) is 0. The molecule has 0 aliphatic heterocycles. The minimum absolute atomic E-state index is 0.0352. The van der Waals surface area contributed by atoms with Crippen molar-refractivity contribution in [2.45, 2.75) is 20.8 Å². The minimum Gasteiger partial charge on any atom is -0.492 e. The van der Waals surface area contributed by atoms with Gasteiger partial charge in [0.2, 0.25) is 5.75 Å². The summed E-state index contributed by atoms with van der Waals surface area (Å²) in [6, 6.07) is 13.9. The van der Waals surface area contributed by atoms with Crippen LogP contribution in [0.3, 0.4) is 0 Å². The van der Waals surface area contributed by atoms with Crippen LogP contribution in [0.2, 0.25) is 0 Å². The largest absolute Gasteiger partial charge is 0.492 e. The fraction of sp³-hybridized carbons (Fsp3) is 0.231. The number of benzene rings is 3. The Bertz CT molecular complexity index is 1220. The standard InChI is InChI=1S/C26H26O6P/c1-15-12-16(2)21(17(3)13-15)26(28)33(29)25-20(30-4)14-19(23(31-5)24(25)32-6)22(27)18-10-8-7-9-11-18/h7-14H,1-6H3/q+1. The van der Waals surface area contributed by atoms with E-state index in [1.54, 1.807) is 24.3 Å². The maximum absolute atomic E-state index is 13.6. The zero-order valence-electron chi connectivity index (χ0n) is 19.5. The summed E-state index contributed by atoms with van der Waals surface area (Å²) in [5, 5.41) is 0.0563. The van der Waals surface area contributed by atoms with E-state index in [0.717, 1.165) is 16.7 Å². The molecule has 0 spiro atoms. The average molecular weight is 465 g/mol. The van der Waals surface area contributed by atoms with Gasteiger partial charge in [0.15, 0.2) is 17.3 Å². The van der Waals surface area contributed by atoms with E-state index in [1.807, 2.05) is 39.0 Å². The second-order valence-electron chi connectivity index (χ2n) is 7.61. The molecule has 0 bridgehead atoms. The van der Waals surface area contributed by atoms with Gasteiger partial charge in [0, 0.05) is 11.6 Å². The number of ketones is 1. The van der Waals surface area contributed by atoms with Crippen molar-refractivity contribution < 1.29 is 28.4 Å². The lowest BCUT2D eigenvalue weighted by atomic mass is 10.0. The van der Waals surface area contributed by atoms with Crippen molar-refractivity contribution in [1.29, 1.82) is 0 Å². The van der Waals surface area contributed by atoms with Gasteiger partial charge in [0.05, 0.1) is 32.5 Å². The number of hydrogen-bond acceptors (Lipinski definition) is 6. The Hall–Kier alpha value is -3.50. The number of methoxy groups -OCH3 is 3. The fourth-order valence-electron chi connectivity index (χ4n) is 3.98. The first-order valence-electron chi connectivity index (χ1n) is 10.3. The Balaban J connectivity index is 2.21. The highest BCUT2D eigenvalue weighted by molar-refractivity contribution is 7.72. The third-order valence-corrected chi connectivity index (χ3v) is 6.78. The first-order valence-corrected chi connectivity index (χ1v) is 11.5. The lowest BCUT2D eigenvalue weighted by Gasteiger charge is -2.15. The Kier molecular flexibility index (Phi) is 7.29. The Labute approximate surface area is 194 Å². The molecule has 0 N–H and O–H groups in total. The first-order chi connectivity index (χ1) is 15.7. The molecule has 7 heteroatoms. The van der Waals surface area contributed by atoms with Crippen LogP contribution in [0.15, 0.2) is 48.5 Å². The molecule has 0 fully saturated rings. The maximum atomic E-state index is 13.6. The van der Waals surface area contributed by atoms with Crippen molar-refractivity contribution in [3.05, 3.63) is 81.9 Å². The predicted octanol–water partition coefficient (Wildman–Crippen LogP) is 5.16. The highest BCUT2D eigenvalue weighted by Crippen LogP contribution is 2.43. The molecule has 170 valence electrons. The molecule has 33 heavy (non-hydrogen) atoms. The Morgan fingerprint density at radius 1 is 0.788 bits per heavy atom. The van der Waals surface area contributed by atoms with Crippen LogP contribution in [0.4, 0.5) is 0 Å². The highest BCUT2D eigenvalue weighted by Gasteiger charge is 2.43. The van der Waals surface area contributed by atoms with Crippen LogP contribution in [0.25, 0.3) is 0 Å². The Morgan fingerprint density at radius 3 is 1.88 bits per heavy atom. The topological polar surface area (TPSA) is 78.9 Å². The molecule has 0 aromatic heterocycles. The molecule has 3 rings (SSSR count). The fourth-order valence-corrected chi connectivity index (χ4v) is 5.47. The molecule has 3 aromatic rings. The molecule has 0 saturated carbocycles. The predicted molar refractivity (Wildman–Crippen MR) is 128 cm³/mol. The molecule has 0 saturated heterocycles. The molecule has 6 nitrogen and oxygen atoms in total. The molecule has 1 atom stereocenters. The van der Waals surface area contributed by atoms with Crippen LogP contribution in [0.1, 0.15) is 43.0 Å². The Morgan fingerprint density at radius 2 is 1.36 bits per heavy atom. The van der Waals surface area contributed by atoms with Crippen LogP contribution in [0.5, 0.6) is 17.2 Å². The van der Waals surface area contributed by atoms with Gasteiger partial charge < -0.3 is 14.2 Å². The minimum atomic E-state index is -2.65. The van der Waals surface area contributed by atoms with Crippen molar-refractivity contribution >= 4 is 24.4 Å². The zero-order valence-corrected chi connectivity index (χ0v) is 20.4. The summed E-state index contributed by atoms with van der Waals surface area (Å²) in [5.74, 6) is -0.0742. The first kappa shape index (κ1) is 24.1. The van der Waals surface area contributed by atoms with Crippen LogP contribution in [-0.2, 0) is 4.57 Å². The summed E-state index contributed by atoms with van der Waals surface area (Å²) in [7, 11) is 1.50. The van der Waals surface area contributed by atoms with E-state index in [2.05, 4.69) is 0 Å². The van der Waals surface area contributed by atoms with E-state index in [4.69, 9.17) is 14.2 Å².